The van der Waals surface area contributed by atoms with Crippen molar-refractivity contribution in [3.63, 3.8) is 0 Å². The number of rotatable bonds is 5. The molecule has 6 heteroatoms. The van der Waals surface area contributed by atoms with Crippen molar-refractivity contribution >= 4 is 42.5 Å². The second kappa shape index (κ2) is 11.4. The van der Waals surface area contributed by atoms with Gasteiger partial charge >= 0.3 is 0 Å². The third-order valence-corrected chi connectivity index (χ3v) is 9.63. The van der Waals surface area contributed by atoms with Crippen LogP contribution in [0.25, 0.3) is 87.6 Å². The average Bonchev–Trinajstić information content (AvgIpc) is 3.54. The Morgan fingerprint density at radius 1 is 0.362 bits per heavy atom. The summed E-state index contributed by atoms with van der Waals surface area (Å²) in [5, 5.41) is 11.4. The van der Waals surface area contributed by atoms with Crippen LogP contribution in [0.15, 0.2) is 152 Å². The van der Waals surface area contributed by atoms with Crippen LogP contribution in [0.3, 0.4) is 0 Å². The van der Waals surface area contributed by atoms with Gasteiger partial charge in [0.15, 0.2) is 17.5 Å². The van der Waals surface area contributed by atoms with Crippen molar-refractivity contribution in [3.05, 3.63) is 152 Å². The Hall–Kier alpha value is -6.11. The van der Waals surface area contributed by atoms with Gasteiger partial charge in [0.1, 0.15) is 5.52 Å². The first-order valence-corrected chi connectivity index (χ1v) is 16.2. The van der Waals surface area contributed by atoms with Crippen molar-refractivity contribution in [2.24, 2.45) is 0 Å². The summed E-state index contributed by atoms with van der Waals surface area (Å²) in [6.07, 6.45) is 0. The molecule has 0 atom stereocenters. The first-order valence-electron chi connectivity index (χ1n) is 15.4. The van der Waals surface area contributed by atoms with Crippen LogP contribution in [0, 0.1) is 0 Å². The molecule has 3 heterocycles. The molecule has 5 nitrogen and oxygen atoms in total. The molecule has 0 aliphatic rings. The third kappa shape index (κ3) is 5.01. The summed E-state index contributed by atoms with van der Waals surface area (Å²) >= 11 is 1.76. The van der Waals surface area contributed by atoms with Gasteiger partial charge in [0.2, 0.25) is 0 Å². The second-order valence-corrected chi connectivity index (χ2v) is 12.5. The van der Waals surface area contributed by atoms with Crippen LogP contribution in [-0.4, -0.2) is 25.1 Å². The molecule has 220 valence electrons. The molecule has 9 aromatic rings. The van der Waals surface area contributed by atoms with Gasteiger partial charge < -0.3 is 0 Å². The van der Waals surface area contributed by atoms with E-state index in [2.05, 4.69) is 113 Å². The molecule has 0 aliphatic heterocycles. The van der Waals surface area contributed by atoms with Crippen LogP contribution in [0.5, 0.6) is 0 Å². The SMILES string of the molecule is c1ccc(-c2ccc(-c3nc(-c4ccccc4)nc(-c4cccc(-c5ccc6sc7c8ccccc8nnc7c6c5)c4)n3)cc2)cc1. The van der Waals surface area contributed by atoms with Crippen molar-refractivity contribution in [3.8, 4) is 56.4 Å². The van der Waals surface area contributed by atoms with E-state index in [0.29, 0.717) is 17.5 Å². The topological polar surface area (TPSA) is 64.5 Å². The van der Waals surface area contributed by atoms with Crippen LogP contribution in [-0.2, 0) is 0 Å². The second-order valence-electron chi connectivity index (χ2n) is 11.4. The maximum absolute atomic E-state index is 5.01. The van der Waals surface area contributed by atoms with Crippen molar-refractivity contribution in [1.29, 1.82) is 0 Å². The Bertz CT molecular complexity index is 2560. The van der Waals surface area contributed by atoms with Crippen molar-refractivity contribution < 1.29 is 0 Å². The number of aromatic nitrogens is 5. The third-order valence-electron chi connectivity index (χ3n) is 8.44. The minimum Gasteiger partial charge on any atom is -0.208 e. The van der Waals surface area contributed by atoms with Crippen LogP contribution >= 0.6 is 11.3 Å². The summed E-state index contributed by atoms with van der Waals surface area (Å²) < 4.78 is 2.36. The van der Waals surface area contributed by atoms with E-state index < -0.39 is 0 Å². The Kier molecular flexibility index (Phi) is 6.58. The quantitative estimate of drug-likeness (QED) is 0.192. The average molecular weight is 620 g/mol. The zero-order chi connectivity index (χ0) is 31.2. The first kappa shape index (κ1) is 27.2. The van der Waals surface area contributed by atoms with E-state index in [4.69, 9.17) is 15.0 Å². The largest absolute Gasteiger partial charge is 0.208 e. The summed E-state index contributed by atoms with van der Waals surface area (Å²) in [6, 6.07) is 52.0. The smallest absolute Gasteiger partial charge is 0.164 e. The van der Waals surface area contributed by atoms with Gasteiger partial charge in [0, 0.05) is 32.2 Å². The van der Waals surface area contributed by atoms with Crippen molar-refractivity contribution in [1.82, 2.24) is 25.1 Å². The Labute approximate surface area is 274 Å². The van der Waals surface area contributed by atoms with Crippen LogP contribution in [0.1, 0.15) is 0 Å². The van der Waals surface area contributed by atoms with Crippen molar-refractivity contribution in [2.75, 3.05) is 0 Å². The molecule has 0 radical (unpaired) electrons. The lowest BCUT2D eigenvalue weighted by Crippen LogP contribution is -2.00. The number of fused-ring (bicyclic) bond motifs is 5. The molecule has 0 saturated heterocycles. The predicted molar refractivity (Wildman–Crippen MR) is 193 cm³/mol. The van der Waals surface area contributed by atoms with Gasteiger partial charge in [0.25, 0.3) is 0 Å². The summed E-state index contributed by atoms with van der Waals surface area (Å²) in [4.78, 5) is 14.9. The molecule has 0 fully saturated rings. The highest BCUT2D eigenvalue weighted by Crippen LogP contribution is 2.38. The molecule has 47 heavy (non-hydrogen) atoms. The highest BCUT2D eigenvalue weighted by molar-refractivity contribution is 7.26. The Morgan fingerprint density at radius 3 is 1.66 bits per heavy atom. The molecule has 0 spiro atoms. The number of nitrogens with zero attached hydrogens (tertiary/aromatic N) is 5. The highest BCUT2D eigenvalue weighted by atomic mass is 32.1. The number of thiophene rings is 1. The molecule has 0 saturated carbocycles. The molecule has 9 rings (SSSR count). The lowest BCUT2D eigenvalue weighted by Gasteiger charge is -2.10. The Morgan fingerprint density at radius 2 is 0.894 bits per heavy atom. The molecule has 0 N–H and O–H groups in total. The van der Waals surface area contributed by atoms with E-state index in [1.165, 1.54) is 15.0 Å². The Balaban J connectivity index is 1.14. The van der Waals surface area contributed by atoms with Gasteiger partial charge in [-0.3, -0.25) is 0 Å². The van der Waals surface area contributed by atoms with E-state index in [0.717, 1.165) is 55.2 Å². The normalized spacial score (nSPS) is 11.4. The maximum Gasteiger partial charge on any atom is 0.164 e. The number of benzene rings is 6. The fraction of sp³-hybridized carbons (Fsp3) is 0. The predicted octanol–water partition coefficient (Wildman–Crippen LogP) is 10.5. The highest BCUT2D eigenvalue weighted by Gasteiger charge is 2.15. The minimum atomic E-state index is 0.627. The fourth-order valence-electron chi connectivity index (χ4n) is 6.03. The number of hydrogen-bond acceptors (Lipinski definition) is 6. The van der Waals surface area contributed by atoms with Crippen molar-refractivity contribution in [2.45, 2.75) is 0 Å². The molecule has 0 aliphatic carbocycles. The van der Waals surface area contributed by atoms with Gasteiger partial charge in [0.05, 0.1) is 10.2 Å². The van der Waals surface area contributed by atoms with E-state index in [1.54, 1.807) is 11.3 Å². The van der Waals surface area contributed by atoms with E-state index in [9.17, 15) is 0 Å². The molecule has 0 amide bonds. The monoisotopic (exact) mass is 619 g/mol. The van der Waals surface area contributed by atoms with Crippen LogP contribution < -0.4 is 0 Å². The molecular formula is C41H25N5S. The van der Waals surface area contributed by atoms with Gasteiger partial charge in [-0.25, -0.2) is 15.0 Å². The van der Waals surface area contributed by atoms with E-state index in [1.807, 2.05) is 48.5 Å². The van der Waals surface area contributed by atoms with Gasteiger partial charge in [-0.1, -0.05) is 127 Å². The summed E-state index contributed by atoms with van der Waals surface area (Å²) in [5.41, 5.74) is 9.15. The number of hydrogen-bond donors (Lipinski definition) is 0. The fourth-order valence-corrected chi connectivity index (χ4v) is 7.18. The zero-order valence-electron chi connectivity index (χ0n) is 25.1. The van der Waals surface area contributed by atoms with Gasteiger partial charge in [-0.15, -0.1) is 21.5 Å². The molecule has 0 unspecified atom stereocenters. The van der Waals surface area contributed by atoms with Gasteiger partial charge in [-0.05, 0) is 46.5 Å². The summed E-state index contributed by atoms with van der Waals surface area (Å²) in [7, 11) is 0. The standard InChI is InChI=1S/C41H25N5S/c1-3-10-26(11-4-1)27-18-20-29(21-19-27)40-42-39(28-12-5-2-6-13-28)43-41(44-40)32-15-9-14-30(24-32)31-22-23-36-34(25-31)37-38(47-36)33-16-7-8-17-35(33)45-46-37/h1-25H. The molecule has 3 aromatic heterocycles. The lowest BCUT2D eigenvalue weighted by molar-refractivity contribution is 1.07. The summed E-state index contributed by atoms with van der Waals surface area (Å²) in [6.45, 7) is 0. The van der Waals surface area contributed by atoms with Crippen LogP contribution in [0.2, 0.25) is 0 Å². The molecule has 0 bridgehead atoms. The maximum atomic E-state index is 5.01. The first-order chi connectivity index (χ1) is 23.3. The zero-order valence-corrected chi connectivity index (χ0v) is 25.9. The lowest BCUT2D eigenvalue weighted by atomic mass is 10.0. The van der Waals surface area contributed by atoms with E-state index >= 15 is 0 Å². The molecule has 6 aromatic carbocycles. The summed E-state index contributed by atoms with van der Waals surface area (Å²) in [5.74, 6) is 1.90. The molecular weight excluding hydrogens is 595 g/mol. The van der Waals surface area contributed by atoms with Crippen LogP contribution in [0.4, 0.5) is 0 Å². The van der Waals surface area contributed by atoms with Gasteiger partial charge in [-0.2, -0.15) is 0 Å². The minimum absolute atomic E-state index is 0.627. The van der Waals surface area contributed by atoms with E-state index in [-0.39, 0.29) is 0 Å².